The van der Waals surface area contributed by atoms with Crippen LogP contribution in [-0.2, 0) is 4.79 Å². The van der Waals surface area contributed by atoms with E-state index in [2.05, 4.69) is 6.92 Å². The van der Waals surface area contributed by atoms with E-state index in [1.165, 1.54) is 0 Å². The molecule has 0 rings (SSSR count). The first kappa shape index (κ1) is 20.2. The predicted octanol–water partition coefficient (Wildman–Crippen LogP) is 3.72. The molecule has 21 heavy (non-hydrogen) atoms. The van der Waals surface area contributed by atoms with Crippen LogP contribution in [-0.4, -0.2) is 36.6 Å². The molecule has 6 heteroatoms. The van der Waals surface area contributed by atoms with Gasteiger partial charge in [0.25, 0.3) is 0 Å². The summed E-state index contributed by atoms with van der Waals surface area (Å²) in [4.78, 5) is 13.0. The van der Waals surface area contributed by atoms with Crippen molar-refractivity contribution in [1.29, 1.82) is 0 Å². The van der Waals surface area contributed by atoms with Crippen molar-refractivity contribution < 1.29 is 18.0 Å². The summed E-state index contributed by atoms with van der Waals surface area (Å²) in [6.07, 6.45) is 0.656. The molecule has 126 valence electrons. The van der Waals surface area contributed by atoms with Crippen LogP contribution >= 0.6 is 0 Å². The van der Waals surface area contributed by atoms with Gasteiger partial charge in [-0.15, -0.1) is 0 Å². The fraction of sp³-hybridized carbons (Fsp3) is 0.933. The molecular formula is C15H29F3N2O. The van der Waals surface area contributed by atoms with Crippen LogP contribution in [0.15, 0.2) is 0 Å². The molecule has 0 aromatic carbocycles. The number of halogens is 3. The summed E-state index contributed by atoms with van der Waals surface area (Å²) < 4.78 is 37.6. The van der Waals surface area contributed by atoms with E-state index in [1.54, 1.807) is 0 Å². The van der Waals surface area contributed by atoms with E-state index in [1.807, 2.05) is 6.92 Å². The van der Waals surface area contributed by atoms with Crippen molar-refractivity contribution in [3.05, 3.63) is 0 Å². The Hall–Kier alpha value is -0.780. The van der Waals surface area contributed by atoms with Crippen LogP contribution in [0.3, 0.4) is 0 Å². The minimum Gasteiger partial charge on any atom is -0.334 e. The number of alkyl halides is 3. The lowest BCUT2D eigenvalue weighted by atomic mass is 9.94. The number of carbonyl (C=O) groups excluding carboxylic acids is 1. The summed E-state index contributed by atoms with van der Waals surface area (Å²) in [5, 5.41) is 0. The van der Waals surface area contributed by atoms with Gasteiger partial charge in [0.2, 0.25) is 5.91 Å². The molecular weight excluding hydrogens is 281 g/mol. The Labute approximate surface area is 126 Å². The van der Waals surface area contributed by atoms with Gasteiger partial charge in [-0.05, 0) is 31.7 Å². The summed E-state index contributed by atoms with van der Waals surface area (Å²) >= 11 is 0. The summed E-state index contributed by atoms with van der Waals surface area (Å²) in [6.45, 7) is 3.56. The average molecular weight is 310 g/mol. The first-order valence-electron chi connectivity index (χ1n) is 7.88. The minimum absolute atomic E-state index is 0.185. The van der Waals surface area contributed by atoms with E-state index in [9.17, 15) is 18.0 Å². The summed E-state index contributed by atoms with van der Waals surface area (Å²) in [5.41, 5.74) is 5.53. The van der Waals surface area contributed by atoms with Crippen molar-refractivity contribution in [2.45, 2.75) is 65.0 Å². The van der Waals surface area contributed by atoms with Crippen LogP contribution in [0, 0.1) is 5.92 Å². The fourth-order valence-corrected chi connectivity index (χ4v) is 2.42. The van der Waals surface area contributed by atoms with Crippen LogP contribution in [0.5, 0.6) is 0 Å². The highest BCUT2D eigenvalue weighted by molar-refractivity contribution is 5.76. The maximum absolute atomic E-state index is 12.5. The summed E-state index contributed by atoms with van der Waals surface area (Å²) in [6, 6.07) is 0. The molecule has 0 aromatic heterocycles. The smallest absolute Gasteiger partial charge is 0.334 e. The summed E-state index contributed by atoms with van der Waals surface area (Å²) in [7, 11) is 0. The zero-order valence-electron chi connectivity index (χ0n) is 13.2. The van der Waals surface area contributed by atoms with Crippen LogP contribution in [0.2, 0.25) is 0 Å². The summed E-state index contributed by atoms with van der Waals surface area (Å²) in [5.74, 6) is -0.0539. The third kappa shape index (κ3) is 10.6. The van der Waals surface area contributed by atoms with Crippen LogP contribution in [0.4, 0.5) is 13.2 Å². The zero-order chi connectivity index (χ0) is 16.3. The van der Waals surface area contributed by atoms with Gasteiger partial charge in [-0.25, -0.2) is 0 Å². The quantitative estimate of drug-likeness (QED) is 0.632. The molecule has 0 fully saturated rings. The Kier molecular flexibility index (Phi) is 10.5. The van der Waals surface area contributed by atoms with E-state index >= 15 is 0 Å². The second-order valence-electron chi connectivity index (χ2n) is 5.55. The standard InChI is InChI=1S/C15H29F3N2O/c1-3-5-11-20(12-15(16,17)18)14(21)8-7-13(6-4-2)9-10-19/h13H,3-12,19H2,1-2H3. The predicted molar refractivity (Wildman–Crippen MR) is 78.8 cm³/mol. The number of hydrogen-bond acceptors (Lipinski definition) is 2. The number of amides is 1. The van der Waals surface area contributed by atoms with Gasteiger partial charge in [0.05, 0.1) is 0 Å². The van der Waals surface area contributed by atoms with E-state index in [-0.39, 0.29) is 18.9 Å². The monoisotopic (exact) mass is 310 g/mol. The van der Waals surface area contributed by atoms with Gasteiger partial charge < -0.3 is 10.6 Å². The molecule has 1 atom stereocenters. The molecule has 0 bridgehead atoms. The first-order chi connectivity index (χ1) is 9.84. The third-order valence-electron chi connectivity index (χ3n) is 3.54. The molecule has 1 unspecified atom stereocenters. The lowest BCUT2D eigenvalue weighted by Crippen LogP contribution is -2.39. The lowest BCUT2D eigenvalue weighted by Gasteiger charge is -2.25. The van der Waals surface area contributed by atoms with Crippen molar-refractivity contribution in [3.8, 4) is 0 Å². The van der Waals surface area contributed by atoms with Gasteiger partial charge in [-0.1, -0.05) is 33.1 Å². The molecule has 0 spiro atoms. The Morgan fingerprint density at radius 3 is 2.29 bits per heavy atom. The van der Waals surface area contributed by atoms with Gasteiger partial charge in [-0.3, -0.25) is 4.79 Å². The highest BCUT2D eigenvalue weighted by Crippen LogP contribution is 2.20. The SMILES string of the molecule is CCCCN(CC(F)(F)F)C(=O)CCC(CCC)CCN. The molecule has 0 saturated heterocycles. The molecule has 0 aromatic rings. The van der Waals surface area contributed by atoms with Crippen molar-refractivity contribution >= 4 is 5.91 Å². The van der Waals surface area contributed by atoms with E-state index in [0.29, 0.717) is 25.3 Å². The molecule has 0 aliphatic heterocycles. The second kappa shape index (κ2) is 10.9. The maximum Gasteiger partial charge on any atom is 0.406 e. The molecule has 3 nitrogen and oxygen atoms in total. The van der Waals surface area contributed by atoms with Gasteiger partial charge in [0.1, 0.15) is 6.54 Å². The Balaban J connectivity index is 4.43. The van der Waals surface area contributed by atoms with Crippen molar-refractivity contribution in [2.75, 3.05) is 19.6 Å². The largest absolute Gasteiger partial charge is 0.406 e. The topological polar surface area (TPSA) is 46.3 Å². The molecule has 0 aliphatic carbocycles. The normalized spacial score (nSPS) is 13.2. The molecule has 2 N–H and O–H groups in total. The number of nitrogens with zero attached hydrogens (tertiary/aromatic N) is 1. The number of hydrogen-bond donors (Lipinski definition) is 1. The number of nitrogens with two attached hydrogens (primary N) is 1. The van der Waals surface area contributed by atoms with E-state index in [0.717, 1.165) is 30.6 Å². The molecule has 0 heterocycles. The molecule has 0 radical (unpaired) electrons. The highest BCUT2D eigenvalue weighted by atomic mass is 19.4. The highest BCUT2D eigenvalue weighted by Gasteiger charge is 2.32. The van der Waals surface area contributed by atoms with Gasteiger partial charge >= 0.3 is 6.18 Å². The Morgan fingerprint density at radius 1 is 1.14 bits per heavy atom. The first-order valence-corrected chi connectivity index (χ1v) is 7.88. The van der Waals surface area contributed by atoms with Crippen LogP contribution in [0.25, 0.3) is 0 Å². The maximum atomic E-state index is 12.5. The average Bonchev–Trinajstić information content (AvgIpc) is 2.39. The fourth-order valence-electron chi connectivity index (χ4n) is 2.42. The molecule has 0 aliphatic rings. The number of carbonyl (C=O) groups is 1. The minimum atomic E-state index is -4.33. The van der Waals surface area contributed by atoms with Crippen molar-refractivity contribution in [2.24, 2.45) is 11.7 Å². The van der Waals surface area contributed by atoms with Gasteiger partial charge in [-0.2, -0.15) is 13.2 Å². The number of unbranched alkanes of at least 4 members (excludes halogenated alkanes) is 1. The molecule has 0 saturated carbocycles. The van der Waals surface area contributed by atoms with Gasteiger partial charge in [0.15, 0.2) is 0 Å². The lowest BCUT2D eigenvalue weighted by molar-refractivity contribution is -0.161. The van der Waals surface area contributed by atoms with Crippen LogP contribution in [0.1, 0.15) is 58.8 Å². The Bertz CT molecular complexity index is 277. The van der Waals surface area contributed by atoms with Crippen molar-refractivity contribution in [3.63, 3.8) is 0 Å². The zero-order valence-corrected chi connectivity index (χ0v) is 13.2. The second-order valence-corrected chi connectivity index (χ2v) is 5.55. The Morgan fingerprint density at radius 2 is 1.81 bits per heavy atom. The number of rotatable bonds is 11. The van der Waals surface area contributed by atoms with Crippen LogP contribution < -0.4 is 5.73 Å². The third-order valence-corrected chi connectivity index (χ3v) is 3.54. The molecule has 1 amide bonds. The van der Waals surface area contributed by atoms with E-state index in [4.69, 9.17) is 5.73 Å². The van der Waals surface area contributed by atoms with E-state index < -0.39 is 12.7 Å². The van der Waals surface area contributed by atoms with Gasteiger partial charge in [0, 0.05) is 13.0 Å². The van der Waals surface area contributed by atoms with Crippen molar-refractivity contribution in [1.82, 2.24) is 4.90 Å².